The molecule has 1 N–H and O–H groups in total. The third-order valence-electron chi connectivity index (χ3n) is 2.66. The molecular formula is C13H9ClFNO4S. The Balaban J connectivity index is 2.28. The number of carboxylic acids is 1. The molecule has 8 heteroatoms. The normalized spacial score (nSPS) is 11.3. The molecule has 1 heterocycles. The average molecular weight is 330 g/mol. The first-order chi connectivity index (χ1) is 9.79. The van der Waals surface area contributed by atoms with Gasteiger partial charge in [0.1, 0.15) is 5.82 Å². The van der Waals surface area contributed by atoms with Crippen molar-refractivity contribution < 1.29 is 22.7 Å². The molecule has 0 saturated carbocycles. The summed E-state index contributed by atoms with van der Waals surface area (Å²) in [6.45, 7) is 0. The summed E-state index contributed by atoms with van der Waals surface area (Å²) >= 11 is 5.56. The molecule has 21 heavy (non-hydrogen) atoms. The molecular weight excluding hydrogens is 321 g/mol. The molecule has 0 aliphatic heterocycles. The summed E-state index contributed by atoms with van der Waals surface area (Å²) in [4.78, 5) is 14.3. The zero-order chi connectivity index (χ0) is 15.6. The van der Waals surface area contributed by atoms with Gasteiger partial charge in [0, 0.05) is 6.20 Å². The van der Waals surface area contributed by atoms with Crippen LogP contribution in [0.25, 0.3) is 0 Å². The first-order valence-corrected chi connectivity index (χ1v) is 7.68. The lowest BCUT2D eigenvalue weighted by Gasteiger charge is -2.05. The van der Waals surface area contributed by atoms with Gasteiger partial charge in [0.25, 0.3) is 0 Å². The Bertz CT molecular complexity index is 790. The largest absolute Gasteiger partial charge is 0.478 e. The van der Waals surface area contributed by atoms with Gasteiger partial charge in [-0.15, -0.1) is 0 Å². The Labute approximate surface area is 124 Å². The second kappa shape index (κ2) is 5.79. The summed E-state index contributed by atoms with van der Waals surface area (Å²) < 4.78 is 37.3. The van der Waals surface area contributed by atoms with Crippen LogP contribution in [-0.2, 0) is 15.6 Å². The van der Waals surface area contributed by atoms with Crippen molar-refractivity contribution >= 4 is 27.4 Å². The molecule has 0 aliphatic carbocycles. The van der Waals surface area contributed by atoms with Crippen molar-refractivity contribution in [2.45, 2.75) is 10.6 Å². The van der Waals surface area contributed by atoms with Crippen molar-refractivity contribution in [2.24, 2.45) is 0 Å². The van der Waals surface area contributed by atoms with Crippen LogP contribution >= 0.6 is 11.6 Å². The van der Waals surface area contributed by atoms with Crippen LogP contribution in [0.4, 0.5) is 4.39 Å². The molecule has 0 radical (unpaired) electrons. The number of halogens is 2. The number of hydrogen-bond donors (Lipinski definition) is 1. The quantitative estimate of drug-likeness (QED) is 0.871. The summed E-state index contributed by atoms with van der Waals surface area (Å²) in [5, 5.41) is 8.45. The molecule has 110 valence electrons. The number of pyridine rings is 1. The molecule has 0 unspecified atom stereocenters. The summed E-state index contributed by atoms with van der Waals surface area (Å²) in [6.07, 6.45) is 1.07. The molecule has 0 aliphatic rings. The number of rotatable bonds is 4. The monoisotopic (exact) mass is 329 g/mol. The number of nitrogens with zero attached hydrogens (tertiary/aromatic N) is 1. The number of carboxylic acid groups (broad SMARTS) is 1. The van der Waals surface area contributed by atoms with E-state index in [0.29, 0.717) is 0 Å². The fourth-order valence-corrected chi connectivity index (χ4v) is 3.13. The minimum Gasteiger partial charge on any atom is -0.478 e. The molecule has 0 fully saturated rings. The van der Waals surface area contributed by atoms with Gasteiger partial charge >= 0.3 is 5.97 Å². The van der Waals surface area contributed by atoms with Crippen molar-refractivity contribution in [2.75, 3.05) is 0 Å². The van der Waals surface area contributed by atoms with Crippen LogP contribution in [0.5, 0.6) is 0 Å². The van der Waals surface area contributed by atoms with Gasteiger partial charge in [0.05, 0.1) is 26.9 Å². The molecule has 1 aromatic carbocycles. The van der Waals surface area contributed by atoms with Crippen LogP contribution in [0, 0.1) is 5.82 Å². The van der Waals surface area contributed by atoms with Gasteiger partial charge < -0.3 is 5.11 Å². The Morgan fingerprint density at radius 3 is 2.52 bits per heavy atom. The van der Waals surface area contributed by atoms with Gasteiger partial charge in [-0.05, 0) is 30.3 Å². The van der Waals surface area contributed by atoms with E-state index in [2.05, 4.69) is 4.98 Å². The van der Waals surface area contributed by atoms with E-state index in [1.807, 2.05) is 0 Å². The molecule has 0 bridgehead atoms. The van der Waals surface area contributed by atoms with Gasteiger partial charge in [0.15, 0.2) is 9.84 Å². The van der Waals surface area contributed by atoms with E-state index < -0.39 is 27.4 Å². The maximum atomic E-state index is 13.0. The Kier molecular flexibility index (Phi) is 4.24. The number of hydrogen-bond acceptors (Lipinski definition) is 4. The highest BCUT2D eigenvalue weighted by Gasteiger charge is 2.18. The molecule has 5 nitrogen and oxygen atoms in total. The third kappa shape index (κ3) is 3.56. The van der Waals surface area contributed by atoms with Crippen molar-refractivity contribution in [1.29, 1.82) is 0 Å². The van der Waals surface area contributed by atoms with Crippen LogP contribution in [0.2, 0.25) is 5.02 Å². The van der Waals surface area contributed by atoms with E-state index >= 15 is 0 Å². The van der Waals surface area contributed by atoms with E-state index in [0.717, 1.165) is 24.4 Å². The second-order valence-electron chi connectivity index (χ2n) is 4.18. The van der Waals surface area contributed by atoms with Crippen LogP contribution < -0.4 is 0 Å². The highest BCUT2D eigenvalue weighted by atomic mass is 35.5. The smallest absolute Gasteiger partial charge is 0.337 e. The van der Waals surface area contributed by atoms with Crippen LogP contribution in [0.15, 0.2) is 41.4 Å². The second-order valence-corrected chi connectivity index (χ2v) is 6.58. The average Bonchev–Trinajstić information content (AvgIpc) is 2.42. The fraction of sp³-hybridized carbons (Fsp3) is 0.0769. The summed E-state index contributed by atoms with van der Waals surface area (Å²) in [5.41, 5.74) is 0.140. The predicted molar refractivity (Wildman–Crippen MR) is 73.5 cm³/mol. The number of sulfone groups is 1. The fourth-order valence-electron chi connectivity index (χ4n) is 1.58. The number of benzene rings is 1. The number of carbonyl (C=O) groups is 1. The minimum atomic E-state index is -3.75. The minimum absolute atomic E-state index is 0.0408. The molecule has 0 amide bonds. The topological polar surface area (TPSA) is 84.3 Å². The van der Waals surface area contributed by atoms with E-state index in [1.165, 1.54) is 12.1 Å². The van der Waals surface area contributed by atoms with Crippen LogP contribution in [-0.4, -0.2) is 24.5 Å². The number of aromatic nitrogens is 1. The Morgan fingerprint density at radius 1 is 1.29 bits per heavy atom. The van der Waals surface area contributed by atoms with Crippen molar-refractivity contribution in [3.05, 3.63) is 58.6 Å². The van der Waals surface area contributed by atoms with Gasteiger partial charge in [-0.1, -0.05) is 11.6 Å². The van der Waals surface area contributed by atoms with Crippen molar-refractivity contribution in [3.63, 3.8) is 0 Å². The molecule has 0 spiro atoms. The maximum Gasteiger partial charge on any atom is 0.337 e. The Hall–Kier alpha value is -1.99. The van der Waals surface area contributed by atoms with Gasteiger partial charge in [-0.3, -0.25) is 4.98 Å². The molecule has 2 rings (SSSR count). The van der Waals surface area contributed by atoms with E-state index in [9.17, 15) is 17.6 Å². The van der Waals surface area contributed by atoms with Gasteiger partial charge in [-0.25, -0.2) is 17.6 Å². The maximum absolute atomic E-state index is 13.0. The number of aromatic carboxylic acids is 1. The lowest BCUT2D eigenvalue weighted by molar-refractivity contribution is 0.0696. The molecule has 2 aromatic rings. The highest BCUT2D eigenvalue weighted by molar-refractivity contribution is 7.90. The summed E-state index contributed by atoms with van der Waals surface area (Å²) in [6, 6.07) is 5.68. The lowest BCUT2D eigenvalue weighted by atomic mass is 10.2. The third-order valence-corrected chi connectivity index (χ3v) is 4.60. The van der Waals surface area contributed by atoms with E-state index in [4.69, 9.17) is 16.7 Å². The van der Waals surface area contributed by atoms with Gasteiger partial charge in [0.2, 0.25) is 0 Å². The summed E-state index contributed by atoms with van der Waals surface area (Å²) in [5.74, 6) is -2.30. The van der Waals surface area contributed by atoms with E-state index in [-0.39, 0.29) is 21.2 Å². The van der Waals surface area contributed by atoms with Crippen LogP contribution in [0.3, 0.4) is 0 Å². The molecule has 1 aromatic heterocycles. The first kappa shape index (κ1) is 15.4. The lowest BCUT2D eigenvalue weighted by Crippen LogP contribution is -2.07. The first-order valence-electron chi connectivity index (χ1n) is 5.65. The molecule has 0 atom stereocenters. The zero-order valence-electron chi connectivity index (χ0n) is 10.5. The standard InChI is InChI=1S/C13H9ClFNO4S/c14-11-5-10(3-4-12(11)15)21(19,20)7-9-2-1-8(6-16-9)13(17)18/h1-6H,7H2,(H,17,18). The zero-order valence-corrected chi connectivity index (χ0v) is 12.0. The van der Waals surface area contributed by atoms with Gasteiger partial charge in [-0.2, -0.15) is 0 Å². The highest BCUT2D eigenvalue weighted by Crippen LogP contribution is 2.22. The van der Waals surface area contributed by atoms with Crippen molar-refractivity contribution in [1.82, 2.24) is 4.98 Å². The SMILES string of the molecule is O=C(O)c1ccc(CS(=O)(=O)c2ccc(F)c(Cl)c2)nc1. The van der Waals surface area contributed by atoms with Crippen LogP contribution in [0.1, 0.15) is 16.1 Å². The van der Waals surface area contributed by atoms with Crippen molar-refractivity contribution in [3.8, 4) is 0 Å². The molecule has 0 saturated heterocycles. The summed E-state index contributed by atoms with van der Waals surface area (Å²) in [7, 11) is -3.75. The Morgan fingerprint density at radius 2 is 2.00 bits per heavy atom. The predicted octanol–water partition coefficient (Wildman–Crippen LogP) is 2.55. The van der Waals surface area contributed by atoms with E-state index in [1.54, 1.807) is 0 Å².